The van der Waals surface area contributed by atoms with Gasteiger partial charge in [-0.1, -0.05) is 0 Å². The van der Waals surface area contributed by atoms with Gasteiger partial charge in [0.25, 0.3) is 0 Å². The second-order valence-corrected chi connectivity index (χ2v) is 7.46. The van der Waals surface area contributed by atoms with Crippen molar-refractivity contribution in [2.75, 3.05) is 13.2 Å². The van der Waals surface area contributed by atoms with Crippen molar-refractivity contribution in [3.8, 4) is 0 Å². The highest BCUT2D eigenvalue weighted by atomic mass is 16.9. The highest BCUT2D eigenvalue weighted by Crippen LogP contribution is 2.32. The highest BCUT2D eigenvalue weighted by molar-refractivity contribution is 5.68. The molecule has 12 nitrogen and oxygen atoms in total. The largest absolute Gasteiger partial charge is 0.463 e. The molecule has 0 spiro atoms. The van der Waals surface area contributed by atoms with Crippen LogP contribution in [0.2, 0.25) is 0 Å². The molecule has 0 bridgehead atoms. The molecule has 6 atom stereocenters. The van der Waals surface area contributed by atoms with Crippen molar-refractivity contribution < 1.29 is 57.1 Å². The van der Waals surface area contributed by atoms with Crippen LogP contribution in [0, 0.1) is 0 Å². The Bertz CT molecular complexity index is 689. The molecule has 0 aromatic heterocycles. The summed E-state index contributed by atoms with van der Waals surface area (Å²) in [5, 5.41) is 0. The lowest BCUT2D eigenvalue weighted by Gasteiger charge is -2.44. The van der Waals surface area contributed by atoms with Gasteiger partial charge in [-0.15, -0.1) is 0 Å². The van der Waals surface area contributed by atoms with Crippen molar-refractivity contribution in [1.29, 1.82) is 0 Å². The number of hydrogen-bond acceptors (Lipinski definition) is 12. The quantitative estimate of drug-likeness (QED) is 0.388. The first-order chi connectivity index (χ1) is 14.4. The first-order valence-electron chi connectivity index (χ1n) is 9.65. The van der Waals surface area contributed by atoms with E-state index in [2.05, 4.69) is 0 Å². The van der Waals surface area contributed by atoms with Crippen LogP contribution in [-0.2, 0) is 57.1 Å². The van der Waals surface area contributed by atoms with E-state index in [-0.39, 0.29) is 13.2 Å². The molecule has 176 valence electrons. The molecule has 0 saturated carbocycles. The van der Waals surface area contributed by atoms with Crippen LogP contribution in [0.25, 0.3) is 0 Å². The van der Waals surface area contributed by atoms with Crippen LogP contribution in [0.5, 0.6) is 0 Å². The maximum Gasteiger partial charge on any atom is 0.303 e. The van der Waals surface area contributed by atoms with E-state index in [0.29, 0.717) is 0 Å². The van der Waals surface area contributed by atoms with E-state index in [1.165, 1.54) is 6.92 Å². The lowest BCUT2D eigenvalue weighted by molar-refractivity contribution is -0.339. The molecule has 2 heterocycles. The highest BCUT2D eigenvalue weighted by Gasteiger charge is 2.54. The fourth-order valence-electron chi connectivity index (χ4n) is 3.17. The molecule has 12 heteroatoms. The summed E-state index contributed by atoms with van der Waals surface area (Å²) in [7, 11) is 0. The monoisotopic (exact) mass is 448 g/mol. The van der Waals surface area contributed by atoms with Crippen molar-refractivity contribution in [2.45, 2.75) is 84.3 Å². The molecular weight excluding hydrogens is 420 g/mol. The summed E-state index contributed by atoms with van der Waals surface area (Å²) < 4.78 is 43.6. The predicted molar refractivity (Wildman–Crippen MR) is 97.9 cm³/mol. The summed E-state index contributed by atoms with van der Waals surface area (Å²) in [6.07, 6.45) is -7.17. The Kier molecular flexibility index (Phi) is 8.34. The predicted octanol–water partition coefficient (Wildman–Crippen LogP) is 0.195. The molecule has 2 fully saturated rings. The fraction of sp³-hybridized carbons (Fsp3) is 0.789. The third-order valence-corrected chi connectivity index (χ3v) is 4.22. The van der Waals surface area contributed by atoms with Gasteiger partial charge in [0.05, 0.1) is 0 Å². The van der Waals surface area contributed by atoms with Gasteiger partial charge in [0.2, 0.25) is 6.29 Å². The number of hydrogen-bond donors (Lipinski definition) is 0. The average Bonchev–Trinajstić information content (AvgIpc) is 2.95. The Morgan fingerprint density at radius 1 is 0.839 bits per heavy atom. The normalized spacial score (nSPS) is 32.1. The van der Waals surface area contributed by atoms with E-state index < -0.39 is 66.7 Å². The number of ether oxygens (including phenoxy) is 8. The minimum atomic E-state index is -1.32. The van der Waals surface area contributed by atoms with E-state index in [4.69, 9.17) is 37.9 Å². The van der Waals surface area contributed by atoms with E-state index in [9.17, 15) is 19.2 Å². The van der Waals surface area contributed by atoms with Crippen LogP contribution >= 0.6 is 0 Å². The SMILES string of the molecule is CC(=O)OC[C@H]1O[C@@H](O[C@@H]2COC(C)(C)O2)[C@H](OC(C)=O)[C@@H](OC(C)=O)[C@@H]1OC(C)=O. The Morgan fingerprint density at radius 2 is 1.39 bits per heavy atom. The van der Waals surface area contributed by atoms with Gasteiger partial charge in [0.1, 0.15) is 19.3 Å². The minimum absolute atomic E-state index is 0.0554. The molecular formula is C19H28O12. The summed E-state index contributed by atoms with van der Waals surface area (Å²) in [4.78, 5) is 46.5. The summed E-state index contributed by atoms with van der Waals surface area (Å²) in [6, 6.07) is 0. The Labute approximate surface area is 179 Å². The Morgan fingerprint density at radius 3 is 1.87 bits per heavy atom. The molecule has 2 saturated heterocycles. The van der Waals surface area contributed by atoms with Gasteiger partial charge < -0.3 is 37.9 Å². The van der Waals surface area contributed by atoms with Gasteiger partial charge in [0, 0.05) is 27.7 Å². The van der Waals surface area contributed by atoms with E-state index in [1.807, 2.05) is 0 Å². The maximum atomic E-state index is 11.8. The molecule has 0 unspecified atom stereocenters. The second-order valence-electron chi connectivity index (χ2n) is 7.46. The molecule has 0 amide bonds. The summed E-state index contributed by atoms with van der Waals surface area (Å²) in [6.45, 7) is 7.69. The summed E-state index contributed by atoms with van der Waals surface area (Å²) in [5.41, 5.74) is 0. The zero-order valence-corrected chi connectivity index (χ0v) is 18.3. The average molecular weight is 448 g/mol. The Balaban J connectivity index is 2.35. The van der Waals surface area contributed by atoms with Crippen LogP contribution < -0.4 is 0 Å². The van der Waals surface area contributed by atoms with Crippen molar-refractivity contribution >= 4 is 23.9 Å². The van der Waals surface area contributed by atoms with Crippen LogP contribution in [-0.4, -0.2) is 79.9 Å². The standard InChI is InChI=1S/C19H28O12/c1-9(20)24-7-13-15(26-10(2)21)16(27-11(3)22)17(28-12(4)23)18(29-13)30-14-8-25-19(5,6)31-14/h13-18H,7-8H2,1-6H3/t13-,14+,15-,16+,17-,18+/m1/s1. The van der Waals surface area contributed by atoms with Gasteiger partial charge in [0.15, 0.2) is 30.4 Å². The van der Waals surface area contributed by atoms with Crippen LogP contribution in [0.4, 0.5) is 0 Å². The smallest absolute Gasteiger partial charge is 0.303 e. The molecule has 2 aliphatic heterocycles. The van der Waals surface area contributed by atoms with Crippen molar-refractivity contribution in [1.82, 2.24) is 0 Å². The van der Waals surface area contributed by atoms with Crippen LogP contribution in [0.1, 0.15) is 41.5 Å². The molecule has 0 aliphatic carbocycles. The zero-order chi connectivity index (χ0) is 23.3. The lowest BCUT2D eigenvalue weighted by Crippen LogP contribution is -2.63. The molecule has 31 heavy (non-hydrogen) atoms. The van der Waals surface area contributed by atoms with Gasteiger partial charge in [-0.05, 0) is 13.8 Å². The van der Waals surface area contributed by atoms with Crippen LogP contribution in [0.3, 0.4) is 0 Å². The summed E-state index contributed by atoms with van der Waals surface area (Å²) in [5.74, 6) is -3.68. The third-order valence-electron chi connectivity index (χ3n) is 4.22. The summed E-state index contributed by atoms with van der Waals surface area (Å²) >= 11 is 0. The molecule has 2 aliphatic rings. The number of rotatable bonds is 7. The van der Waals surface area contributed by atoms with Crippen LogP contribution in [0.15, 0.2) is 0 Å². The maximum absolute atomic E-state index is 11.8. The van der Waals surface area contributed by atoms with Crippen molar-refractivity contribution in [2.24, 2.45) is 0 Å². The zero-order valence-electron chi connectivity index (χ0n) is 18.3. The first-order valence-corrected chi connectivity index (χ1v) is 9.65. The van der Waals surface area contributed by atoms with E-state index in [1.54, 1.807) is 13.8 Å². The second kappa shape index (κ2) is 10.4. The first kappa shape index (κ1) is 25.0. The van der Waals surface area contributed by atoms with Gasteiger partial charge in [-0.25, -0.2) is 0 Å². The molecule has 0 aromatic rings. The molecule has 0 radical (unpaired) electrons. The number of carbonyl (C=O) groups is 4. The van der Waals surface area contributed by atoms with Gasteiger partial charge >= 0.3 is 23.9 Å². The molecule has 0 aromatic carbocycles. The fourth-order valence-corrected chi connectivity index (χ4v) is 3.17. The molecule has 0 N–H and O–H groups in total. The van der Waals surface area contributed by atoms with E-state index >= 15 is 0 Å². The topological polar surface area (TPSA) is 142 Å². The third kappa shape index (κ3) is 7.42. The Hall–Kier alpha value is -2.28. The lowest BCUT2D eigenvalue weighted by atomic mass is 9.98. The van der Waals surface area contributed by atoms with Gasteiger partial charge in [-0.3, -0.25) is 19.2 Å². The van der Waals surface area contributed by atoms with Crippen molar-refractivity contribution in [3.05, 3.63) is 0 Å². The number of esters is 4. The van der Waals surface area contributed by atoms with Gasteiger partial charge in [-0.2, -0.15) is 0 Å². The number of carbonyl (C=O) groups excluding carboxylic acids is 4. The minimum Gasteiger partial charge on any atom is -0.463 e. The van der Waals surface area contributed by atoms with Crippen molar-refractivity contribution in [3.63, 3.8) is 0 Å². The van der Waals surface area contributed by atoms with E-state index in [0.717, 1.165) is 20.8 Å². The molecule has 2 rings (SSSR count).